The molecule has 0 heterocycles. The van der Waals surface area contributed by atoms with Crippen molar-refractivity contribution in [3.05, 3.63) is 0 Å². The fraction of sp³-hybridized carbons (Fsp3) is 0.889. The van der Waals surface area contributed by atoms with E-state index in [1.165, 1.54) is 18.9 Å². The molecule has 0 spiro atoms. The third-order valence-electron chi connectivity index (χ3n) is 1.66. The highest BCUT2D eigenvalue weighted by Gasteiger charge is 2.02. The second kappa shape index (κ2) is 9.24. The monoisotopic (exact) mass is 226 g/mol. The Hall–Kier alpha value is -0.320. The Bertz CT molecular complexity index is 154. The minimum Gasteiger partial charge on any atom is -0.468 e. The highest BCUT2D eigenvalue weighted by Crippen LogP contribution is 2.10. The van der Waals surface area contributed by atoms with Gasteiger partial charge in [-0.05, 0) is 18.6 Å². The number of hydrogen-bond acceptors (Lipinski definition) is 3. The van der Waals surface area contributed by atoms with Crippen molar-refractivity contribution in [2.75, 3.05) is 18.6 Å². The largest absolute Gasteiger partial charge is 0.468 e. The Kier molecular flexibility index (Phi) is 9.03. The van der Waals surface area contributed by atoms with Gasteiger partial charge < -0.3 is 4.74 Å². The van der Waals surface area contributed by atoms with Crippen LogP contribution in [0.1, 0.15) is 25.7 Å². The Morgan fingerprint density at radius 1 is 1.36 bits per heavy atom. The summed E-state index contributed by atoms with van der Waals surface area (Å²) in [6, 6.07) is 0. The summed E-state index contributed by atoms with van der Waals surface area (Å²) in [6.07, 6.45) is 0.0584. The second-order valence-electron chi connectivity index (χ2n) is 2.87. The number of ether oxygens (including phenoxy) is 1. The number of hydrogen-bond donors (Lipinski definition) is 0. The van der Waals surface area contributed by atoms with E-state index in [9.17, 15) is 13.6 Å². The van der Waals surface area contributed by atoms with Gasteiger partial charge in [-0.25, -0.2) is 8.78 Å². The molecule has 84 valence electrons. The molecule has 0 aliphatic rings. The van der Waals surface area contributed by atoms with Crippen LogP contribution in [0.25, 0.3) is 0 Å². The van der Waals surface area contributed by atoms with Crippen LogP contribution in [0.15, 0.2) is 0 Å². The van der Waals surface area contributed by atoms with Crippen LogP contribution in [0.5, 0.6) is 0 Å². The number of unbranched alkanes of at least 4 members (excludes halogenated alkanes) is 2. The first-order valence-corrected chi connectivity index (χ1v) is 5.75. The van der Waals surface area contributed by atoms with E-state index in [1.807, 2.05) is 0 Å². The summed E-state index contributed by atoms with van der Waals surface area (Å²) in [6.45, 7) is 0. The number of esters is 1. The second-order valence-corrected chi connectivity index (χ2v) is 3.97. The molecule has 0 aromatic carbocycles. The van der Waals surface area contributed by atoms with Crippen molar-refractivity contribution in [1.82, 2.24) is 0 Å². The van der Waals surface area contributed by atoms with Gasteiger partial charge >= 0.3 is 5.97 Å². The maximum absolute atomic E-state index is 11.7. The molecule has 0 aliphatic carbocycles. The maximum Gasteiger partial charge on any atom is 0.315 e. The number of carbonyl (C=O) groups is 1. The van der Waals surface area contributed by atoms with Gasteiger partial charge in [-0.15, -0.1) is 0 Å². The molecule has 0 fully saturated rings. The van der Waals surface area contributed by atoms with Crippen molar-refractivity contribution in [1.29, 1.82) is 0 Å². The maximum atomic E-state index is 11.7. The molecule has 0 unspecified atom stereocenters. The quantitative estimate of drug-likeness (QED) is 0.470. The summed E-state index contributed by atoms with van der Waals surface area (Å²) in [5.74, 6) is 0.950. The van der Waals surface area contributed by atoms with E-state index in [1.54, 1.807) is 0 Å². The van der Waals surface area contributed by atoms with Crippen molar-refractivity contribution in [2.24, 2.45) is 0 Å². The zero-order valence-corrected chi connectivity index (χ0v) is 9.12. The van der Waals surface area contributed by atoms with Gasteiger partial charge in [0.1, 0.15) is 0 Å². The standard InChI is InChI=1S/C9H16F2O2S/c1-13-9(12)7-14-6-4-2-3-5-8(10)11/h8H,2-7H2,1H3. The Balaban J connectivity index is 3.03. The van der Waals surface area contributed by atoms with E-state index < -0.39 is 6.43 Å². The molecule has 0 amide bonds. The highest BCUT2D eigenvalue weighted by molar-refractivity contribution is 7.99. The first kappa shape index (κ1) is 13.7. The molecule has 0 aromatic heterocycles. The first-order valence-electron chi connectivity index (χ1n) is 4.59. The summed E-state index contributed by atoms with van der Waals surface area (Å²) in [5, 5.41) is 0. The van der Waals surface area contributed by atoms with Gasteiger partial charge in [0.05, 0.1) is 12.9 Å². The predicted octanol–water partition coefficient (Wildman–Crippen LogP) is 2.72. The van der Waals surface area contributed by atoms with E-state index in [0.717, 1.165) is 18.6 Å². The van der Waals surface area contributed by atoms with E-state index in [0.29, 0.717) is 12.2 Å². The Labute approximate surface area is 87.4 Å². The van der Waals surface area contributed by atoms with Crippen LogP contribution in [0.2, 0.25) is 0 Å². The van der Waals surface area contributed by atoms with Crippen LogP contribution in [0.3, 0.4) is 0 Å². The molecule has 2 nitrogen and oxygen atoms in total. The van der Waals surface area contributed by atoms with E-state index in [-0.39, 0.29) is 12.4 Å². The van der Waals surface area contributed by atoms with E-state index in [4.69, 9.17) is 0 Å². The van der Waals surface area contributed by atoms with E-state index >= 15 is 0 Å². The molecule has 14 heavy (non-hydrogen) atoms. The summed E-state index contributed by atoms with van der Waals surface area (Å²) < 4.78 is 27.8. The fourth-order valence-corrected chi connectivity index (χ4v) is 1.73. The van der Waals surface area contributed by atoms with E-state index in [2.05, 4.69) is 4.74 Å². The third-order valence-corrected chi connectivity index (χ3v) is 2.68. The molecular formula is C9H16F2O2S. The molecule has 5 heteroatoms. The first-order chi connectivity index (χ1) is 6.66. The molecule has 0 bridgehead atoms. The number of alkyl halides is 2. The number of carbonyl (C=O) groups excluding carboxylic acids is 1. The lowest BCUT2D eigenvalue weighted by Crippen LogP contribution is -2.03. The van der Waals surface area contributed by atoms with Crippen LogP contribution in [0.4, 0.5) is 8.78 Å². The zero-order valence-electron chi connectivity index (χ0n) is 8.30. The number of methoxy groups -OCH3 is 1. The molecule has 0 radical (unpaired) electrons. The summed E-state index contributed by atoms with van der Waals surface area (Å²) in [7, 11) is 1.35. The summed E-state index contributed by atoms with van der Waals surface area (Å²) in [4.78, 5) is 10.6. The van der Waals surface area contributed by atoms with Gasteiger partial charge in [-0.1, -0.05) is 6.42 Å². The third kappa shape index (κ3) is 9.77. The molecule has 0 N–H and O–H groups in total. The van der Waals surface area contributed by atoms with Gasteiger partial charge in [-0.2, -0.15) is 11.8 Å². The lowest BCUT2D eigenvalue weighted by molar-refractivity contribution is -0.137. The lowest BCUT2D eigenvalue weighted by atomic mass is 10.2. The van der Waals surface area contributed by atoms with Crippen LogP contribution < -0.4 is 0 Å². The van der Waals surface area contributed by atoms with Crippen molar-refractivity contribution >= 4 is 17.7 Å². The van der Waals surface area contributed by atoms with Gasteiger partial charge in [0, 0.05) is 6.42 Å². The topological polar surface area (TPSA) is 26.3 Å². The predicted molar refractivity (Wildman–Crippen MR) is 53.8 cm³/mol. The Morgan fingerprint density at radius 2 is 2.07 bits per heavy atom. The van der Waals surface area contributed by atoms with Crippen LogP contribution in [0, 0.1) is 0 Å². The highest BCUT2D eigenvalue weighted by atomic mass is 32.2. The molecule has 0 atom stereocenters. The van der Waals surface area contributed by atoms with Gasteiger partial charge in [-0.3, -0.25) is 4.79 Å². The minimum atomic E-state index is -2.18. The van der Waals surface area contributed by atoms with Crippen molar-refractivity contribution in [2.45, 2.75) is 32.1 Å². The van der Waals surface area contributed by atoms with Crippen molar-refractivity contribution < 1.29 is 18.3 Å². The molecular weight excluding hydrogens is 210 g/mol. The van der Waals surface area contributed by atoms with Crippen LogP contribution in [-0.4, -0.2) is 31.0 Å². The number of rotatable bonds is 8. The molecule has 0 aromatic rings. The SMILES string of the molecule is COC(=O)CSCCCCCC(F)F. The Morgan fingerprint density at radius 3 is 2.64 bits per heavy atom. The summed E-state index contributed by atoms with van der Waals surface area (Å²) in [5.41, 5.74) is 0. The van der Waals surface area contributed by atoms with Crippen LogP contribution in [-0.2, 0) is 9.53 Å². The summed E-state index contributed by atoms with van der Waals surface area (Å²) >= 11 is 1.48. The average molecular weight is 226 g/mol. The van der Waals surface area contributed by atoms with Gasteiger partial charge in [0.25, 0.3) is 0 Å². The molecule has 0 rings (SSSR count). The smallest absolute Gasteiger partial charge is 0.315 e. The average Bonchev–Trinajstić information content (AvgIpc) is 2.15. The molecule has 0 saturated carbocycles. The van der Waals surface area contributed by atoms with Crippen molar-refractivity contribution in [3.8, 4) is 0 Å². The molecule has 0 saturated heterocycles. The fourth-order valence-electron chi connectivity index (χ4n) is 0.894. The number of halogens is 2. The number of thioether (sulfide) groups is 1. The zero-order chi connectivity index (χ0) is 10.8. The van der Waals surface area contributed by atoms with Gasteiger partial charge in [0.15, 0.2) is 0 Å². The van der Waals surface area contributed by atoms with Gasteiger partial charge in [0.2, 0.25) is 6.43 Å². The van der Waals surface area contributed by atoms with Crippen LogP contribution >= 0.6 is 11.8 Å². The normalized spacial score (nSPS) is 10.6. The molecule has 0 aliphatic heterocycles. The lowest BCUT2D eigenvalue weighted by Gasteiger charge is -2.01. The van der Waals surface area contributed by atoms with Crippen molar-refractivity contribution in [3.63, 3.8) is 0 Å². The minimum absolute atomic E-state index is 0.0122.